The molecule has 2 N–H and O–H groups in total. The van der Waals surface area contributed by atoms with Crippen molar-refractivity contribution in [1.82, 2.24) is 0 Å². The van der Waals surface area contributed by atoms with Crippen molar-refractivity contribution >= 4 is 40.5 Å². The van der Waals surface area contributed by atoms with Crippen LogP contribution in [0.25, 0.3) is 0 Å². The molecule has 0 atom stereocenters. The van der Waals surface area contributed by atoms with Crippen molar-refractivity contribution in [2.24, 2.45) is 0 Å². The van der Waals surface area contributed by atoms with Gasteiger partial charge < -0.3 is 10.6 Å². The lowest BCUT2D eigenvalue weighted by molar-refractivity contribution is -0.114. The molecule has 2 amide bonds. The second-order valence-electron chi connectivity index (χ2n) is 7.87. The molecule has 3 aromatic carbocycles. The van der Waals surface area contributed by atoms with Crippen LogP contribution in [-0.4, -0.2) is 29.2 Å². The van der Waals surface area contributed by atoms with E-state index in [-0.39, 0.29) is 34.0 Å². The van der Waals surface area contributed by atoms with Gasteiger partial charge in [0.1, 0.15) is 0 Å². The van der Waals surface area contributed by atoms with Gasteiger partial charge in [-0.25, -0.2) is 0 Å². The zero-order chi connectivity index (χ0) is 24.4. The summed E-state index contributed by atoms with van der Waals surface area (Å²) in [5.74, 6) is -1.65. The van der Waals surface area contributed by atoms with E-state index in [1.54, 1.807) is 48.5 Å². The van der Waals surface area contributed by atoms with E-state index in [1.807, 2.05) is 0 Å². The van der Waals surface area contributed by atoms with Crippen molar-refractivity contribution in [2.45, 2.75) is 13.8 Å². The van der Waals surface area contributed by atoms with Crippen LogP contribution in [0.1, 0.15) is 56.0 Å². The molecule has 0 heterocycles. The van der Waals surface area contributed by atoms with E-state index in [2.05, 4.69) is 10.6 Å². The summed E-state index contributed by atoms with van der Waals surface area (Å²) in [7, 11) is 0. The summed E-state index contributed by atoms with van der Waals surface area (Å²) in [6.45, 7) is 2.94. The minimum absolute atomic E-state index is 0.0805. The minimum atomic E-state index is -0.561. The van der Waals surface area contributed by atoms with E-state index in [0.29, 0.717) is 28.1 Å². The van der Waals surface area contributed by atoms with Gasteiger partial charge in [0.15, 0.2) is 17.3 Å². The van der Waals surface area contributed by atoms with E-state index in [0.717, 1.165) is 6.08 Å². The van der Waals surface area contributed by atoms with Crippen molar-refractivity contribution in [2.75, 3.05) is 10.6 Å². The van der Waals surface area contributed by atoms with Crippen LogP contribution >= 0.6 is 0 Å². The summed E-state index contributed by atoms with van der Waals surface area (Å²) in [6, 6.07) is 17.5. The monoisotopic (exact) mass is 452 g/mol. The van der Waals surface area contributed by atoms with E-state index < -0.39 is 11.8 Å². The number of nitrogens with one attached hydrogen (secondary N) is 2. The molecule has 0 unspecified atom stereocenters. The molecule has 0 saturated heterocycles. The third-order valence-electron chi connectivity index (χ3n) is 5.45. The summed E-state index contributed by atoms with van der Waals surface area (Å²) in [4.78, 5) is 61.7. The number of carbonyl (C=O) groups excluding carboxylic acids is 5. The zero-order valence-electron chi connectivity index (χ0n) is 18.5. The third-order valence-corrected chi connectivity index (χ3v) is 5.45. The fourth-order valence-electron chi connectivity index (χ4n) is 3.64. The number of hydrogen-bond donors (Lipinski definition) is 2. The Hall–Kier alpha value is -4.65. The van der Waals surface area contributed by atoms with E-state index >= 15 is 0 Å². The molecule has 0 spiro atoms. The molecule has 7 nitrogen and oxygen atoms in total. The first kappa shape index (κ1) is 22.5. The van der Waals surface area contributed by atoms with E-state index in [1.165, 1.54) is 32.0 Å². The maximum Gasteiger partial charge on any atom is 0.251 e. The Bertz CT molecular complexity index is 1400. The van der Waals surface area contributed by atoms with Crippen LogP contribution in [0.15, 0.2) is 78.4 Å². The zero-order valence-corrected chi connectivity index (χ0v) is 18.5. The maximum absolute atomic E-state index is 12.8. The Kier molecular flexibility index (Phi) is 6.01. The normalized spacial score (nSPS) is 12.5. The van der Waals surface area contributed by atoms with Crippen LogP contribution in [0.4, 0.5) is 11.4 Å². The highest BCUT2D eigenvalue weighted by molar-refractivity contribution is 6.28. The number of anilines is 2. The minimum Gasteiger partial charge on any atom is -0.322 e. The quantitative estimate of drug-likeness (QED) is 0.349. The predicted octanol–water partition coefficient (Wildman–Crippen LogP) is 4.19. The van der Waals surface area contributed by atoms with Crippen molar-refractivity contribution in [1.29, 1.82) is 0 Å². The van der Waals surface area contributed by atoms with Crippen LogP contribution in [0.2, 0.25) is 0 Å². The highest BCUT2D eigenvalue weighted by Crippen LogP contribution is 2.29. The fourth-order valence-corrected chi connectivity index (χ4v) is 3.64. The van der Waals surface area contributed by atoms with Crippen LogP contribution in [0, 0.1) is 0 Å². The van der Waals surface area contributed by atoms with Gasteiger partial charge in [-0.1, -0.05) is 24.3 Å². The van der Waals surface area contributed by atoms with Gasteiger partial charge in [0, 0.05) is 50.8 Å². The van der Waals surface area contributed by atoms with Gasteiger partial charge in [0.2, 0.25) is 5.91 Å². The summed E-state index contributed by atoms with van der Waals surface area (Å²) in [5, 5.41) is 5.28. The molecule has 34 heavy (non-hydrogen) atoms. The van der Waals surface area contributed by atoms with Crippen molar-refractivity contribution < 1.29 is 24.0 Å². The molecule has 168 valence electrons. The molecular weight excluding hydrogens is 432 g/mol. The Balaban J connectivity index is 1.46. The molecular formula is C27H20N2O5. The number of benzene rings is 3. The van der Waals surface area contributed by atoms with Crippen molar-refractivity contribution in [3.05, 3.63) is 106 Å². The molecule has 0 bridgehead atoms. The average molecular weight is 452 g/mol. The van der Waals surface area contributed by atoms with Crippen LogP contribution in [0.3, 0.4) is 0 Å². The molecule has 0 aromatic heterocycles. The first-order chi connectivity index (χ1) is 16.2. The van der Waals surface area contributed by atoms with Gasteiger partial charge >= 0.3 is 0 Å². The SMILES string of the molecule is CC(=O)c1ccc(NC(=O)/C(C)=C\C(=O)Nc2ccc3c(c2)C(=O)c2ccccc2C3=O)cc1. The number of rotatable bonds is 5. The summed E-state index contributed by atoms with van der Waals surface area (Å²) >= 11 is 0. The predicted molar refractivity (Wildman–Crippen MR) is 127 cm³/mol. The molecule has 0 aliphatic heterocycles. The molecule has 1 aliphatic carbocycles. The van der Waals surface area contributed by atoms with E-state index in [4.69, 9.17) is 0 Å². The van der Waals surface area contributed by atoms with Gasteiger partial charge in [-0.05, 0) is 56.3 Å². The van der Waals surface area contributed by atoms with Gasteiger partial charge in [0.05, 0.1) is 0 Å². The molecule has 7 heteroatoms. The molecule has 0 saturated carbocycles. The molecule has 3 aromatic rings. The second kappa shape index (κ2) is 9.07. The lowest BCUT2D eigenvalue weighted by atomic mass is 9.84. The third kappa shape index (κ3) is 4.45. The lowest BCUT2D eigenvalue weighted by Crippen LogP contribution is -2.21. The molecule has 4 rings (SSSR count). The Morgan fingerprint density at radius 1 is 0.676 bits per heavy atom. The second-order valence-corrected chi connectivity index (χ2v) is 7.87. The Morgan fingerprint density at radius 2 is 1.24 bits per heavy atom. The van der Waals surface area contributed by atoms with Gasteiger partial charge in [0.25, 0.3) is 5.91 Å². The highest BCUT2D eigenvalue weighted by Gasteiger charge is 2.29. The largest absolute Gasteiger partial charge is 0.322 e. The summed E-state index contributed by atoms with van der Waals surface area (Å²) < 4.78 is 0. The maximum atomic E-state index is 12.8. The Morgan fingerprint density at radius 3 is 1.85 bits per heavy atom. The van der Waals surface area contributed by atoms with Gasteiger partial charge in [-0.2, -0.15) is 0 Å². The topological polar surface area (TPSA) is 109 Å². The number of ketones is 3. The van der Waals surface area contributed by atoms with Crippen molar-refractivity contribution in [3.63, 3.8) is 0 Å². The standard InChI is InChI=1S/C27H20N2O5/c1-15(27(34)29-18-9-7-17(8-10-18)16(2)30)13-24(31)28-19-11-12-22-23(14-19)26(33)21-6-4-3-5-20(21)25(22)32/h3-14H,1-2H3,(H,28,31)(H,29,34)/b15-13-. The lowest BCUT2D eigenvalue weighted by Gasteiger charge is -2.18. The number of hydrogen-bond acceptors (Lipinski definition) is 5. The van der Waals surface area contributed by atoms with E-state index in [9.17, 15) is 24.0 Å². The molecule has 0 fully saturated rings. The first-order valence-corrected chi connectivity index (χ1v) is 10.5. The van der Waals surface area contributed by atoms with Crippen LogP contribution in [-0.2, 0) is 9.59 Å². The van der Waals surface area contributed by atoms with Gasteiger partial charge in [-0.3, -0.25) is 24.0 Å². The highest BCUT2D eigenvalue weighted by atomic mass is 16.2. The van der Waals surface area contributed by atoms with Crippen LogP contribution < -0.4 is 10.6 Å². The molecule has 0 radical (unpaired) electrons. The summed E-state index contributed by atoms with van der Waals surface area (Å²) in [5.41, 5.74) is 2.68. The number of fused-ring (bicyclic) bond motifs is 2. The number of Topliss-reactive ketones (excluding diaryl/α,β-unsaturated/α-hetero) is 1. The van der Waals surface area contributed by atoms with Crippen LogP contribution in [0.5, 0.6) is 0 Å². The average Bonchev–Trinajstić information content (AvgIpc) is 2.82. The van der Waals surface area contributed by atoms with Gasteiger partial charge in [-0.15, -0.1) is 0 Å². The first-order valence-electron chi connectivity index (χ1n) is 10.5. The Labute approximate surface area is 195 Å². The number of carbonyl (C=O) groups is 5. The smallest absolute Gasteiger partial charge is 0.251 e. The fraction of sp³-hybridized carbons (Fsp3) is 0.0741. The molecule has 1 aliphatic rings. The number of amides is 2. The summed E-state index contributed by atoms with van der Waals surface area (Å²) in [6.07, 6.45) is 1.14. The van der Waals surface area contributed by atoms with Crippen molar-refractivity contribution in [3.8, 4) is 0 Å².